The molecule has 3 rings (SSSR count). The first-order valence-electron chi connectivity index (χ1n) is 7.63. The molecular formula is C16H22N2O2S. The molecule has 1 aliphatic heterocycles. The van der Waals surface area contributed by atoms with E-state index in [-0.39, 0.29) is 11.9 Å². The molecule has 1 unspecified atom stereocenters. The Hall–Kier alpha value is -1.04. The Bertz CT molecular complexity index is 465. The van der Waals surface area contributed by atoms with E-state index < -0.39 is 0 Å². The first-order chi connectivity index (χ1) is 10.3. The Morgan fingerprint density at radius 3 is 2.90 bits per heavy atom. The van der Waals surface area contributed by atoms with Crippen molar-refractivity contribution in [2.75, 3.05) is 32.1 Å². The predicted octanol–water partition coefficient (Wildman–Crippen LogP) is 1.76. The fourth-order valence-electron chi connectivity index (χ4n) is 2.47. The van der Waals surface area contributed by atoms with E-state index in [4.69, 9.17) is 4.74 Å². The number of thioether (sulfide) groups is 1. The molecule has 1 saturated heterocycles. The van der Waals surface area contributed by atoms with Gasteiger partial charge in [-0.25, -0.2) is 0 Å². The second kappa shape index (κ2) is 7.29. The summed E-state index contributed by atoms with van der Waals surface area (Å²) in [6.07, 6.45) is 2.26. The van der Waals surface area contributed by atoms with Crippen LogP contribution in [0.25, 0.3) is 0 Å². The number of morpholine rings is 1. The quantitative estimate of drug-likeness (QED) is 0.813. The number of rotatable bonds is 6. The largest absolute Gasteiger partial charge is 0.378 e. The van der Waals surface area contributed by atoms with Gasteiger partial charge in [-0.3, -0.25) is 9.69 Å². The van der Waals surface area contributed by atoms with Crippen LogP contribution in [-0.4, -0.2) is 54.9 Å². The number of hydrogen-bond donors (Lipinski definition) is 1. The van der Waals surface area contributed by atoms with E-state index >= 15 is 0 Å². The average Bonchev–Trinajstić information content (AvgIpc) is 3.33. The molecule has 0 bridgehead atoms. The Morgan fingerprint density at radius 1 is 1.33 bits per heavy atom. The average molecular weight is 306 g/mol. The zero-order valence-electron chi connectivity index (χ0n) is 12.2. The molecule has 1 heterocycles. The molecule has 4 nitrogen and oxygen atoms in total. The van der Waals surface area contributed by atoms with Crippen molar-refractivity contribution in [1.82, 2.24) is 10.2 Å². The number of ether oxygens (including phenoxy) is 1. The summed E-state index contributed by atoms with van der Waals surface area (Å²) in [6.45, 7) is 3.02. The molecule has 0 radical (unpaired) electrons. The fourth-order valence-corrected chi connectivity index (χ4v) is 3.38. The van der Waals surface area contributed by atoms with Gasteiger partial charge < -0.3 is 10.1 Å². The van der Waals surface area contributed by atoms with Gasteiger partial charge in [0.15, 0.2) is 0 Å². The molecule has 5 heteroatoms. The zero-order chi connectivity index (χ0) is 14.5. The molecule has 0 aromatic heterocycles. The summed E-state index contributed by atoms with van der Waals surface area (Å²) in [5.74, 6) is 1.14. The SMILES string of the molecule is O=C(NC1CC1)C1COCCN1CCSc1ccccc1. The molecule has 2 aliphatic rings. The first kappa shape index (κ1) is 14.9. The maximum absolute atomic E-state index is 12.3. The number of nitrogens with zero attached hydrogens (tertiary/aromatic N) is 1. The summed E-state index contributed by atoms with van der Waals surface area (Å²) in [5, 5.41) is 3.09. The van der Waals surface area contributed by atoms with Crippen molar-refractivity contribution in [3.05, 3.63) is 30.3 Å². The van der Waals surface area contributed by atoms with Gasteiger partial charge >= 0.3 is 0 Å². The highest BCUT2D eigenvalue weighted by atomic mass is 32.2. The summed E-state index contributed by atoms with van der Waals surface area (Å²) in [4.78, 5) is 15.8. The van der Waals surface area contributed by atoms with Crippen molar-refractivity contribution in [2.24, 2.45) is 0 Å². The molecule has 1 N–H and O–H groups in total. The minimum Gasteiger partial charge on any atom is -0.378 e. The van der Waals surface area contributed by atoms with Gasteiger partial charge in [0.1, 0.15) is 6.04 Å². The van der Waals surface area contributed by atoms with Crippen LogP contribution in [-0.2, 0) is 9.53 Å². The second-order valence-corrected chi connectivity index (χ2v) is 6.74. The van der Waals surface area contributed by atoms with E-state index in [0.29, 0.717) is 12.6 Å². The Morgan fingerprint density at radius 2 is 2.14 bits per heavy atom. The van der Waals surface area contributed by atoms with Crippen LogP contribution in [0.1, 0.15) is 12.8 Å². The number of amides is 1. The van der Waals surface area contributed by atoms with Crippen molar-refractivity contribution < 1.29 is 9.53 Å². The van der Waals surface area contributed by atoms with Crippen molar-refractivity contribution >= 4 is 17.7 Å². The number of nitrogens with one attached hydrogen (secondary N) is 1. The lowest BCUT2D eigenvalue weighted by molar-refractivity contribution is -0.132. The summed E-state index contributed by atoms with van der Waals surface area (Å²) < 4.78 is 5.49. The van der Waals surface area contributed by atoms with Gasteiger partial charge in [0.2, 0.25) is 5.91 Å². The van der Waals surface area contributed by atoms with E-state index in [1.54, 1.807) is 0 Å². The normalized spacial score (nSPS) is 23.0. The molecule has 1 amide bonds. The standard InChI is InChI=1S/C16H22N2O2S/c19-16(17-13-6-7-13)15-12-20-10-8-18(15)9-11-21-14-4-2-1-3-5-14/h1-5,13,15H,6-12H2,(H,17,19). The van der Waals surface area contributed by atoms with Crippen LogP contribution in [0.15, 0.2) is 35.2 Å². The van der Waals surface area contributed by atoms with Gasteiger partial charge in [0.05, 0.1) is 13.2 Å². The van der Waals surface area contributed by atoms with Gasteiger partial charge in [-0.15, -0.1) is 11.8 Å². The third-order valence-corrected chi connectivity index (χ3v) is 4.85. The highest BCUT2D eigenvalue weighted by Crippen LogP contribution is 2.21. The first-order valence-corrected chi connectivity index (χ1v) is 8.61. The third kappa shape index (κ3) is 4.46. The summed E-state index contributed by atoms with van der Waals surface area (Å²) in [7, 11) is 0. The van der Waals surface area contributed by atoms with Crippen LogP contribution >= 0.6 is 11.8 Å². The molecular weight excluding hydrogens is 284 g/mol. The molecule has 21 heavy (non-hydrogen) atoms. The van der Waals surface area contributed by atoms with Crippen LogP contribution in [0.3, 0.4) is 0 Å². The Kier molecular flexibility index (Phi) is 5.17. The Labute approximate surface area is 130 Å². The molecule has 1 aromatic carbocycles. The molecule has 1 aliphatic carbocycles. The molecule has 0 spiro atoms. The van der Waals surface area contributed by atoms with E-state index in [0.717, 1.165) is 38.3 Å². The second-order valence-electron chi connectivity index (χ2n) is 5.57. The highest BCUT2D eigenvalue weighted by Gasteiger charge is 2.32. The maximum atomic E-state index is 12.3. The van der Waals surface area contributed by atoms with Crippen LogP contribution in [0.5, 0.6) is 0 Å². The molecule has 1 atom stereocenters. The van der Waals surface area contributed by atoms with Crippen molar-refractivity contribution in [3.63, 3.8) is 0 Å². The maximum Gasteiger partial charge on any atom is 0.239 e. The number of carbonyl (C=O) groups is 1. The van der Waals surface area contributed by atoms with Crippen LogP contribution in [0, 0.1) is 0 Å². The highest BCUT2D eigenvalue weighted by molar-refractivity contribution is 7.99. The number of hydrogen-bond acceptors (Lipinski definition) is 4. The topological polar surface area (TPSA) is 41.6 Å². The van der Waals surface area contributed by atoms with Crippen molar-refractivity contribution in [3.8, 4) is 0 Å². The fraction of sp³-hybridized carbons (Fsp3) is 0.562. The van der Waals surface area contributed by atoms with Gasteiger partial charge in [0.25, 0.3) is 0 Å². The van der Waals surface area contributed by atoms with Crippen LogP contribution in [0.2, 0.25) is 0 Å². The van der Waals surface area contributed by atoms with E-state index in [2.05, 4.69) is 34.5 Å². The summed E-state index contributed by atoms with van der Waals surface area (Å²) in [6, 6.07) is 10.7. The minimum atomic E-state index is -0.115. The van der Waals surface area contributed by atoms with E-state index in [9.17, 15) is 4.79 Å². The summed E-state index contributed by atoms with van der Waals surface area (Å²) in [5.41, 5.74) is 0. The van der Waals surface area contributed by atoms with E-state index in [1.165, 1.54) is 4.90 Å². The lowest BCUT2D eigenvalue weighted by Gasteiger charge is -2.34. The van der Waals surface area contributed by atoms with Gasteiger partial charge in [-0.1, -0.05) is 18.2 Å². The predicted molar refractivity (Wildman–Crippen MR) is 84.5 cm³/mol. The van der Waals surface area contributed by atoms with E-state index in [1.807, 2.05) is 17.8 Å². The Balaban J connectivity index is 1.48. The smallest absolute Gasteiger partial charge is 0.239 e. The van der Waals surface area contributed by atoms with Gasteiger partial charge in [-0.2, -0.15) is 0 Å². The van der Waals surface area contributed by atoms with Crippen molar-refractivity contribution in [2.45, 2.75) is 29.8 Å². The minimum absolute atomic E-state index is 0.115. The molecule has 2 fully saturated rings. The lowest BCUT2D eigenvalue weighted by Crippen LogP contribution is -2.54. The summed E-state index contributed by atoms with van der Waals surface area (Å²) >= 11 is 1.84. The van der Waals surface area contributed by atoms with Crippen LogP contribution in [0.4, 0.5) is 0 Å². The molecule has 114 valence electrons. The third-order valence-electron chi connectivity index (χ3n) is 3.86. The van der Waals surface area contributed by atoms with Gasteiger partial charge in [0, 0.05) is 29.8 Å². The number of benzene rings is 1. The van der Waals surface area contributed by atoms with Crippen LogP contribution < -0.4 is 5.32 Å². The lowest BCUT2D eigenvalue weighted by atomic mass is 10.2. The zero-order valence-corrected chi connectivity index (χ0v) is 13.0. The molecule has 1 aromatic rings. The van der Waals surface area contributed by atoms with Crippen molar-refractivity contribution in [1.29, 1.82) is 0 Å². The van der Waals surface area contributed by atoms with Gasteiger partial charge in [-0.05, 0) is 25.0 Å². The monoisotopic (exact) mass is 306 g/mol. The molecule has 1 saturated carbocycles. The number of carbonyl (C=O) groups excluding carboxylic acids is 1.